The molecule has 1 aromatic carbocycles. The number of benzene rings is 1. The standard InChI is InChI=1S/C13H13ClF4N2O/c14-4-3-11-19-9-2-1-8(15)12(18)13(9)20(11)5-6-21-7-10(16)17/h1-2,10H,3-7H2. The third kappa shape index (κ3) is 3.65. The van der Waals surface area contributed by atoms with Crippen molar-refractivity contribution in [2.45, 2.75) is 19.4 Å². The lowest BCUT2D eigenvalue weighted by Crippen LogP contribution is -2.13. The fraction of sp³-hybridized carbons (Fsp3) is 0.462. The minimum atomic E-state index is -2.57. The summed E-state index contributed by atoms with van der Waals surface area (Å²) in [5.41, 5.74) is 0.290. The number of hydrogen-bond donors (Lipinski definition) is 0. The number of aromatic nitrogens is 2. The SMILES string of the molecule is Fc1ccc2nc(CCCl)n(CCOCC(F)F)c2c1F. The highest BCUT2D eigenvalue weighted by atomic mass is 35.5. The molecule has 2 rings (SSSR count). The highest BCUT2D eigenvalue weighted by molar-refractivity contribution is 6.17. The molecule has 1 aromatic heterocycles. The summed E-state index contributed by atoms with van der Waals surface area (Å²) in [6, 6.07) is 2.36. The third-order valence-corrected chi connectivity index (χ3v) is 3.09. The maximum atomic E-state index is 13.9. The molecule has 0 N–H and O–H groups in total. The minimum absolute atomic E-state index is 0.00392. The van der Waals surface area contributed by atoms with Crippen LogP contribution in [0.5, 0.6) is 0 Å². The predicted molar refractivity (Wildman–Crippen MR) is 70.9 cm³/mol. The van der Waals surface area contributed by atoms with Crippen molar-refractivity contribution in [3.8, 4) is 0 Å². The molecule has 0 aliphatic heterocycles. The van der Waals surface area contributed by atoms with Gasteiger partial charge in [-0.05, 0) is 12.1 Å². The first-order chi connectivity index (χ1) is 10.0. The van der Waals surface area contributed by atoms with Crippen LogP contribution in [-0.4, -0.2) is 35.1 Å². The highest BCUT2D eigenvalue weighted by Gasteiger charge is 2.17. The molecule has 0 radical (unpaired) electrons. The van der Waals surface area contributed by atoms with E-state index < -0.39 is 24.7 Å². The maximum absolute atomic E-state index is 13.9. The van der Waals surface area contributed by atoms with Crippen molar-refractivity contribution in [2.75, 3.05) is 19.1 Å². The quantitative estimate of drug-likeness (QED) is 0.443. The molecule has 0 amide bonds. The first-order valence-corrected chi connectivity index (χ1v) is 6.83. The van der Waals surface area contributed by atoms with Gasteiger partial charge in [-0.25, -0.2) is 22.5 Å². The monoisotopic (exact) mass is 324 g/mol. The normalized spacial score (nSPS) is 11.7. The highest BCUT2D eigenvalue weighted by Crippen LogP contribution is 2.22. The number of nitrogens with zero attached hydrogens (tertiary/aromatic N) is 2. The van der Waals surface area contributed by atoms with E-state index in [4.69, 9.17) is 16.3 Å². The molecule has 0 spiro atoms. The molecule has 0 unspecified atom stereocenters. The second kappa shape index (κ2) is 7.09. The molecule has 0 saturated heterocycles. The Morgan fingerprint density at radius 1 is 1.29 bits per heavy atom. The van der Waals surface area contributed by atoms with Crippen LogP contribution in [0.3, 0.4) is 0 Å². The van der Waals surface area contributed by atoms with Gasteiger partial charge in [-0.3, -0.25) is 0 Å². The molecule has 8 heteroatoms. The van der Waals surface area contributed by atoms with E-state index in [-0.39, 0.29) is 24.5 Å². The molecular formula is C13H13ClF4N2O. The van der Waals surface area contributed by atoms with Gasteiger partial charge < -0.3 is 9.30 Å². The smallest absolute Gasteiger partial charge is 0.261 e. The van der Waals surface area contributed by atoms with Crippen molar-refractivity contribution >= 4 is 22.6 Å². The van der Waals surface area contributed by atoms with Crippen LogP contribution >= 0.6 is 11.6 Å². The van der Waals surface area contributed by atoms with E-state index in [0.717, 1.165) is 6.07 Å². The van der Waals surface area contributed by atoms with Crippen molar-refractivity contribution < 1.29 is 22.3 Å². The van der Waals surface area contributed by atoms with Crippen LogP contribution in [0.4, 0.5) is 17.6 Å². The van der Waals surface area contributed by atoms with Gasteiger partial charge in [0.2, 0.25) is 0 Å². The molecule has 0 aliphatic rings. The first-order valence-electron chi connectivity index (χ1n) is 6.29. The average Bonchev–Trinajstić information content (AvgIpc) is 2.78. The summed E-state index contributed by atoms with van der Waals surface area (Å²) in [5, 5.41) is 0. The number of rotatable bonds is 7. The van der Waals surface area contributed by atoms with Crippen molar-refractivity contribution in [2.24, 2.45) is 0 Å². The van der Waals surface area contributed by atoms with Crippen LogP contribution in [0, 0.1) is 11.6 Å². The van der Waals surface area contributed by atoms with E-state index in [0.29, 0.717) is 17.8 Å². The van der Waals surface area contributed by atoms with Crippen molar-refractivity contribution in [1.29, 1.82) is 0 Å². The van der Waals surface area contributed by atoms with E-state index in [9.17, 15) is 17.6 Å². The number of fused-ring (bicyclic) bond motifs is 1. The third-order valence-electron chi connectivity index (χ3n) is 2.90. The fourth-order valence-corrected chi connectivity index (χ4v) is 2.22. The van der Waals surface area contributed by atoms with E-state index in [1.54, 1.807) is 0 Å². The molecule has 0 saturated carbocycles. The largest absolute Gasteiger partial charge is 0.374 e. The zero-order valence-electron chi connectivity index (χ0n) is 11.0. The van der Waals surface area contributed by atoms with Crippen LogP contribution < -0.4 is 0 Å². The Hall–Kier alpha value is -1.34. The van der Waals surface area contributed by atoms with Crippen LogP contribution in [0.25, 0.3) is 11.0 Å². The average molecular weight is 325 g/mol. The van der Waals surface area contributed by atoms with Crippen molar-refractivity contribution in [1.82, 2.24) is 9.55 Å². The number of alkyl halides is 3. The Morgan fingerprint density at radius 3 is 2.71 bits per heavy atom. The summed E-state index contributed by atoms with van der Waals surface area (Å²) < 4.78 is 57.5. The zero-order chi connectivity index (χ0) is 15.4. The van der Waals surface area contributed by atoms with Gasteiger partial charge in [0, 0.05) is 18.8 Å². The van der Waals surface area contributed by atoms with Gasteiger partial charge in [0.15, 0.2) is 11.6 Å². The van der Waals surface area contributed by atoms with E-state index in [1.165, 1.54) is 10.6 Å². The van der Waals surface area contributed by atoms with Crippen molar-refractivity contribution in [3.05, 3.63) is 29.6 Å². The second-order valence-electron chi connectivity index (χ2n) is 4.31. The molecule has 0 aliphatic carbocycles. The molecular weight excluding hydrogens is 312 g/mol. The number of ether oxygens (including phenoxy) is 1. The van der Waals surface area contributed by atoms with E-state index in [2.05, 4.69) is 4.98 Å². The molecule has 0 bridgehead atoms. The Balaban J connectivity index is 2.29. The van der Waals surface area contributed by atoms with Gasteiger partial charge in [-0.2, -0.15) is 0 Å². The zero-order valence-corrected chi connectivity index (χ0v) is 11.7. The van der Waals surface area contributed by atoms with Gasteiger partial charge in [-0.15, -0.1) is 11.6 Å². The molecule has 21 heavy (non-hydrogen) atoms. The maximum Gasteiger partial charge on any atom is 0.261 e. The van der Waals surface area contributed by atoms with Gasteiger partial charge in [0.05, 0.1) is 12.1 Å². The molecule has 2 aromatic rings. The number of aryl methyl sites for hydroxylation is 1. The summed E-state index contributed by atoms with van der Waals surface area (Å²) in [6.45, 7) is -0.662. The van der Waals surface area contributed by atoms with Crippen LogP contribution in [0.2, 0.25) is 0 Å². The fourth-order valence-electron chi connectivity index (χ4n) is 2.05. The molecule has 1 heterocycles. The Kier molecular flexibility index (Phi) is 5.41. The number of hydrogen-bond acceptors (Lipinski definition) is 2. The lowest BCUT2D eigenvalue weighted by atomic mass is 10.3. The van der Waals surface area contributed by atoms with Gasteiger partial charge in [0.25, 0.3) is 6.43 Å². The Morgan fingerprint density at radius 2 is 2.05 bits per heavy atom. The lowest BCUT2D eigenvalue weighted by Gasteiger charge is -2.09. The first kappa shape index (κ1) is 16.0. The minimum Gasteiger partial charge on any atom is -0.374 e. The Bertz CT molecular complexity index is 618. The topological polar surface area (TPSA) is 27.1 Å². The van der Waals surface area contributed by atoms with Gasteiger partial charge in [0.1, 0.15) is 17.9 Å². The van der Waals surface area contributed by atoms with Crippen LogP contribution in [0.1, 0.15) is 5.82 Å². The number of halogens is 5. The Labute approximate surface area is 123 Å². The molecule has 3 nitrogen and oxygen atoms in total. The van der Waals surface area contributed by atoms with Gasteiger partial charge in [-0.1, -0.05) is 0 Å². The summed E-state index contributed by atoms with van der Waals surface area (Å²) in [4.78, 5) is 4.19. The van der Waals surface area contributed by atoms with Crippen LogP contribution in [-0.2, 0) is 17.7 Å². The summed E-state index contributed by atoms with van der Waals surface area (Å²) >= 11 is 5.66. The van der Waals surface area contributed by atoms with E-state index >= 15 is 0 Å². The molecule has 0 fully saturated rings. The molecule has 0 atom stereocenters. The second-order valence-corrected chi connectivity index (χ2v) is 4.69. The lowest BCUT2D eigenvalue weighted by molar-refractivity contribution is 0.0148. The van der Waals surface area contributed by atoms with E-state index in [1.807, 2.05) is 0 Å². The van der Waals surface area contributed by atoms with Crippen molar-refractivity contribution in [3.63, 3.8) is 0 Å². The van der Waals surface area contributed by atoms with Gasteiger partial charge >= 0.3 is 0 Å². The predicted octanol–water partition coefficient (Wildman–Crippen LogP) is 3.38. The summed E-state index contributed by atoms with van der Waals surface area (Å²) in [5.74, 6) is -1.29. The van der Waals surface area contributed by atoms with Crippen LogP contribution in [0.15, 0.2) is 12.1 Å². The summed E-state index contributed by atoms with van der Waals surface area (Å²) in [7, 11) is 0. The molecule has 116 valence electrons. The number of imidazole rings is 1. The summed E-state index contributed by atoms with van der Waals surface area (Å²) in [6.07, 6.45) is -2.22.